The fraction of sp³-hybridized carbons (Fsp3) is 0.684. The number of hydrogen-bond donors (Lipinski definition) is 2. The van der Waals surface area contributed by atoms with Gasteiger partial charge in [0.25, 0.3) is 0 Å². The standard InChI is InChI=1S/C19H29NO2/c21-15-19(9-11-22-12-10-19)14-20-18-8-4-7-17(18)13-16-5-2-1-3-6-16/h1-3,5-6,17-18,20-21H,4,7-15H2. The van der Waals surface area contributed by atoms with E-state index in [4.69, 9.17) is 4.74 Å². The number of benzene rings is 1. The third-order valence-electron chi connectivity index (χ3n) is 5.63. The van der Waals surface area contributed by atoms with Crippen LogP contribution in [0.3, 0.4) is 0 Å². The van der Waals surface area contributed by atoms with Crippen molar-refractivity contribution in [1.82, 2.24) is 5.32 Å². The molecule has 2 aliphatic rings. The van der Waals surface area contributed by atoms with Gasteiger partial charge in [0.1, 0.15) is 0 Å². The monoisotopic (exact) mass is 303 g/mol. The van der Waals surface area contributed by atoms with Crippen LogP contribution in [0.5, 0.6) is 0 Å². The molecule has 22 heavy (non-hydrogen) atoms. The topological polar surface area (TPSA) is 41.5 Å². The van der Waals surface area contributed by atoms with E-state index < -0.39 is 0 Å². The first-order valence-electron chi connectivity index (χ1n) is 8.77. The maximum absolute atomic E-state index is 9.82. The summed E-state index contributed by atoms with van der Waals surface area (Å²) in [5.41, 5.74) is 1.49. The van der Waals surface area contributed by atoms with Crippen LogP contribution in [-0.4, -0.2) is 37.5 Å². The molecule has 2 unspecified atom stereocenters. The van der Waals surface area contributed by atoms with Gasteiger partial charge in [-0.3, -0.25) is 0 Å². The van der Waals surface area contributed by atoms with Crippen molar-refractivity contribution in [2.45, 2.75) is 44.6 Å². The Kier molecular flexibility index (Phi) is 5.51. The SMILES string of the molecule is OCC1(CNC2CCCC2Cc2ccccc2)CCOCC1. The summed E-state index contributed by atoms with van der Waals surface area (Å²) in [7, 11) is 0. The molecule has 0 spiro atoms. The summed E-state index contributed by atoms with van der Waals surface area (Å²) in [6.45, 7) is 2.79. The molecule has 2 N–H and O–H groups in total. The Balaban J connectivity index is 1.54. The number of aliphatic hydroxyl groups excluding tert-OH is 1. The average molecular weight is 303 g/mol. The van der Waals surface area contributed by atoms with Crippen molar-refractivity contribution in [3.05, 3.63) is 35.9 Å². The lowest BCUT2D eigenvalue weighted by Crippen LogP contribution is -2.46. The van der Waals surface area contributed by atoms with Gasteiger partial charge in [-0.2, -0.15) is 0 Å². The summed E-state index contributed by atoms with van der Waals surface area (Å²) >= 11 is 0. The highest BCUT2D eigenvalue weighted by molar-refractivity contribution is 5.16. The first kappa shape index (κ1) is 16.0. The van der Waals surface area contributed by atoms with Crippen molar-refractivity contribution >= 4 is 0 Å². The molecule has 2 fully saturated rings. The minimum atomic E-state index is 0.0398. The van der Waals surface area contributed by atoms with Crippen LogP contribution < -0.4 is 5.32 Å². The Labute approximate surface area is 134 Å². The van der Waals surface area contributed by atoms with Gasteiger partial charge in [0.15, 0.2) is 0 Å². The van der Waals surface area contributed by atoms with Gasteiger partial charge in [-0.1, -0.05) is 36.8 Å². The fourth-order valence-electron chi connectivity index (χ4n) is 4.01. The van der Waals surface area contributed by atoms with Crippen molar-refractivity contribution in [3.8, 4) is 0 Å². The predicted octanol–water partition coefficient (Wildman–Crippen LogP) is 2.78. The maximum atomic E-state index is 9.82. The third-order valence-corrected chi connectivity index (χ3v) is 5.63. The van der Waals surface area contributed by atoms with Crippen LogP contribution in [0.1, 0.15) is 37.7 Å². The van der Waals surface area contributed by atoms with E-state index in [1.165, 1.54) is 31.2 Å². The Hall–Kier alpha value is -0.900. The van der Waals surface area contributed by atoms with E-state index in [1.807, 2.05) is 0 Å². The lowest BCUT2D eigenvalue weighted by Gasteiger charge is -2.37. The van der Waals surface area contributed by atoms with E-state index in [2.05, 4.69) is 35.6 Å². The molecular formula is C19H29NO2. The van der Waals surface area contributed by atoms with E-state index in [-0.39, 0.29) is 12.0 Å². The van der Waals surface area contributed by atoms with Gasteiger partial charge in [-0.05, 0) is 43.6 Å². The highest BCUT2D eigenvalue weighted by Gasteiger charge is 2.34. The minimum absolute atomic E-state index is 0.0398. The lowest BCUT2D eigenvalue weighted by molar-refractivity contribution is -0.0170. The van der Waals surface area contributed by atoms with Crippen LogP contribution in [0.2, 0.25) is 0 Å². The van der Waals surface area contributed by atoms with Crippen LogP contribution >= 0.6 is 0 Å². The largest absolute Gasteiger partial charge is 0.396 e. The van der Waals surface area contributed by atoms with Crippen molar-refractivity contribution in [1.29, 1.82) is 0 Å². The number of ether oxygens (including phenoxy) is 1. The predicted molar refractivity (Wildman–Crippen MR) is 88.8 cm³/mol. The second-order valence-corrected chi connectivity index (χ2v) is 7.14. The summed E-state index contributed by atoms with van der Waals surface area (Å²) < 4.78 is 5.46. The summed E-state index contributed by atoms with van der Waals surface area (Å²) in [6, 6.07) is 11.4. The van der Waals surface area contributed by atoms with Crippen molar-refractivity contribution < 1.29 is 9.84 Å². The number of nitrogens with one attached hydrogen (secondary N) is 1. The van der Waals surface area contributed by atoms with Gasteiger partial charge in [0.05, 0.1) is 6.61 Å². The number of hydrogen-bond acceptors (Lipinski definition) is 3. The van der Waals surface area contributed by atoms with Crippen molar-refractivity contribution in [3.63, 3.8) is 0 Å². The summed E-state index contributed by atoms with van der Waals surface area (Å²) in [5.74, 6) is 0.734. The molecule has 0 bridgehead atoms. The lowest BCUT2D eigenvalue weighted by atomic mass is 9.80. The summed E-state index contributed by atoms with van der Waals surface area (Å²) in [6.07, 6.45) is 7.05. The molecule has 1 aliphatic heterocycles. The molecular weight excluding hydrogens is 274 g/mol. The first-order valence-corrected chi connectivity index (χ1v) is 8.77. The summed E-state index contributed by atoms with van der Waals surface area (Å²) in [4.78, 5) is 0. The summed E-state index contributed by atoms with van der Waals surface area (Å²) in [5, 5.41) is 13.6. The molecule has 3 heteroatoms. The quantitative estimate of drug-likeness (QED) is 0.849. The van der Waals surface area contributed by atoms with E-state index in [0.29, 0.717) is 6.04 Å². The number of rotatable bonds is 6. The molecule has 2 atom stereocenters. The molecule has 3 nitrogen and oxygen atoms in total. The Bertz CT molecular complexity index is 442. The molecule has 1 aromatic carbocycles. The highest BCUT2D eigenvalue weighted by Crippen LogP contribution is 2.32. The second-order valence-electron chi connectivity index (χ2n) is 7.14. The van der Waals surface area contributed by atoms with Crippen molar-refractivity contribution in [2.24, 2.45) is 11.3 Å². The van der Waals surface area contributed by atoms with E-state index >= 15 is 0 Å². The second kappa shape index (κ2) is 7.58. The molecule has 1 aromatic rings. The highest BCUT2D eigenvalue weighted by atomic mass is 16.5. The van der Waals surface area contributed by atoms with E-state index in [0.717, 1.165) is 38.5 Å². The van der Waals surface area contributed by atoms with Gasteiger partial charge in [-0.25, -0.2) is 0 Å². The Morgan fingerprint density at radius 3 is 2.64 bits per heavy atom. The first-order chi connectivity index (χ1) is 10.8. The van der Waals surface area contributed by atoms with E-state index in [9.17, 15) is 5.11 Å². The maximum Gasteiger partial charge on any atom is 0.0501 e. The molecule has 1 aliphatic carbocycles. The average Bonchev–Trinajstić information content (AvgIpc) is 3.02. The normalized spacial score (nSPS) is 27.9. The molecule has 122 valence electrons. The zero-order valence-corrected chi connectivity index (χ0v) is 13.5. The molecule has 3 rings (SSSR count). The molecule has 1 heterocycles. The zero-order valence-electron chi connectivity index (χ0n) is 13.5. The van der Waals surface area contributed by atoms with Crippen LogP contribution in [-0.2, 0) is 11.2 Å². The molecule has 0 radical (unpaired) electrons. The smallest absolute Gasteiger partial charge is 0.0501 e. The van der Waals surface area contributed by atoms with E-state index in [1.54, 1.807) is 0 Å². The van der Waals surface area contributed by atoms with Crippen molar-refractivity contribution in [2.75, 3.05) is 26.4 Å². The minimum Gasteiger partial charge on any atom is -0.396 e. The van der Waals surface area contributed by atoms with Crippen LogP contribution in [0.15, 0.2) is 30.3 Å². The van der Waals surface area contributed by atoms with Gasteiger partial charge in [0, 0.05) is 31.2 Å². The van der Waals surface area contributed by atoms with Crippen LogP contribution in [0.4, 0.5) is 0 Å². The van der Waals surface area contributed by atoms with Gasteiger partial charge in [-0.15, -0.1) is 0 Å². The van der Waals surface area contributed by atoms with Gasteiger partial charge in [0.2, 0.25) is 0 Å². The molecule has 0 aromatic heterocycles. The van der Waals surface area contributed by atoms with Crippen LogP contribution in [0.25, 0.3) is 0 Å². The Morgan fingerprint density at radius 2 is 1.91 bits per heavy atom. The molecule has 1 saturated heterocycles. The molecule has 1 saturated carbocycles. The molecule has 0 amide bonds. The van der Waals surface area contributed by atoms with Gasteiger partial charge >= 0.3 is 0 Å². The zero-order chi connectivity index (χ0) is 15.3. The third kappa shape index (κ3) is 3.89. The Morgan fingerprint density at radius 1 is 1.14 bits per heavy atom. The van der Waals surface area contributed by atoms with Gasteiger partial charge < -0.3 is 15.2 Å². The van der Waals surface area contributed by atoms with Crippen LogP contribution in [0, 0.1) is 11.3 Å². The fourth-order valence-corrected chi connectivity index (χ4v) is 4.01. The number of aliphatic hydroxyl groups is 1.